The molecule has 0 saturated carbocycles. The molecular formula is C5H5IN2O. The largest absolute Gasteiger partial charge is 0.298 e. The SMILES string of the molecule is Cn1ncc(C=O)c1I. The summed E-state index contributed by atoms with van der Waals surface area (Å²) in [6.45, 7) is 0. The number of hydrogen-bond donors (Lipinski definition) is 0. The molecule has 0 radical (unpaired) electrons. The number of aromatic nitrogens is 2. The lowest BCUT2D eigenvalue weighted by atomic mass is 10.4. The zero-order valence-corrected chi connectivity index (χ0v) is 6.99. The Hall–Kier alpha value is -0.390. The van der Waals surface area contributed by atoms with Gasteiger partial charge in [-0.1, -0.05) is 0 Å². The highest BCUT2D eigenvalue weighted by Gasteiger charge is 2.00. The molecule has 0 saturated heterocycles. The van der Waals surface area contributed by atoms with Crippen molar-refractivity contribution in [2.45, 2.75) is 0 Å². The maximum Gasteiger partial charge on any atom is 0.154 e. The predicted octanol–water partition coefficient (Wildman–Crippen LogP) is 0.837. The topological polar surface area (TPSA) is 34.9 Å². The van der Waals surface area contributed by atoms with Gasteiger partial charge in [0.1, 0.15) is 3.70 Å². The first-order chi connectivity index (χ1) is 4.25. The highest BCUT2D eigenvalue weighted by atomic mass is 127. The summed E-state index contributed by atoms with van der Waals surface area (Å²) in [6.07, 6.45) is 2.35. The fourth-order valence-corrected chi connectivity index (χ4v) is 0.910. The zero-order chi connectivity index (χ0) is 6.85. The molecule has 0 aromatic carbocycles. The fourth-order valence-electron chi connectivity index (χ4n) is 0.519. The van der Waals surface area contributed by atoms with Gasteiger partial charge in [-0.15, -0.1) is 0 Å². The quantitative estimate of drug-likeness (QED) is 0.534. The van der Waals surface area contributed by atoms with Crippen LogP contribution in [0.1, 0.15) is 10.4 Å². The van der Waals surface area contributed by atoms with Gasteiger partial charge in [0.2, 0.25) is 0 Å². The van der Waals surface area contributed by atoms with Gasteiger partial charge in [-0.3, -0.25) is 9.48 Å². The van der Waals surface area contributed by atoms with E-state index in [1.54, 1.807) is 17.9 Å². The Kier molecular flexibility index (Phi) is 1.84. The molecule has 1 aromatic heterocycles. The van der Waals surface area contributed by atoms with Crippen molar-refractivity contribution in [1.82, 2.24) is 9.78 Å². The number of hydrogen-bond acceptors (Lipinski definition) is 2. The monoisotopic (exact) mass is 236 g/mol. The molecule has 0 amide bonds. The highest BCUT2D eigenvalue weighted by molar-refractivity contribution is 14.1. The van der Waals surface area contributed by atoms with Gasteiger partial charge < -0.3 is 0 Å². The van der Waals surface area contributed by atoms with Crippen LogP contribution in [0, 0.1) is 3.70 Å². The van der Waals surface area contributed by atoms with Crippen LogP contribution in [0.4, 0.5) is 0 Å². The van der Waals surface area contributed by atoms with E-state index in [4.69, 9.17) is 0 Å². The van der Waals surface area contributed by atoms with E-state index < -0.39 is 0 Å². The van der Waals surface area contributed by atoms with Crippen molar-refractivity contribution in [3.05, 3.63) is 15.5 Å². The van der Waals surface area contributed by atoms with Gasteiger partial charge in [0.05, 0.1) is 11.8 Å². The summed E-state index contributed by atoms with van der Waals surface area (Å²) >= 11 is 2.07. The van der Waals surface area contributed by atoms with Crippen LogP contribution in [0.3, 0.4) is 0 Å². The molecule has 0 aliphatic heterocycles. The van der Waals surface area contributed by atoms with Crippen molar-refractivity contribution < 1.29 is 4.79 Å². The summed E-state index contributed by atoms with van der Waals surface area (Å²) in [5.74, 6) is 0. The third-order valence-corrected chi connectivity index (χ3v) is 2.34. The van der Waals surface area contributed by atoms with Crippen molar-refractivity contribution in [1.29, 1.82) is 0 Å². The van der Waals surface area contributed by atoms with E-state index in [-0.39, 0.29) is 0 Å². The normalized spacial score (nSPS) is 9.56. The number of carbonyl (C=O) groups is 1. The molecular weight excluding hydrogens is 231 g/mol. The minimum absolute atomic E-state index is 0.651. The Bertz CT molecular complexity index is 231. The predicted molar refractivity (Wildman–Crippen MR) is 41.3 cm³/mol. The standard InChI is InChI=1S/C5H5IN2O/c1-8-5(6)4(3-9)2-7-8/h2-3H,1H3. The molecule has 0 fully saturated rings. The van der Waals surface area contributed by atoms with E-state index in [0.717, 1.165) is 9.99 Å². The summed E-state index contributed by atoms with van der Waals surface area (Å²) in [7, 11) is 1.80. The number of nitrogens with zero attached hydrogens (tertiary/aromatic N) is 2. The Morgan fingerprint density at radius 2 is 2.56 bits per heavy atom. The lowest BCUT2D eigenvalue weighted by Crippen LogP contribution is -1.92. The lowest BCUT2D eigenvalue weighted by molar-refractivity contribution is 0.112. The summed E-state index contributed by atoms with van der Waals surface area (Å²) < 4.78 is 2.53. The summed E-state index contributed by atoms with van der Waals surface area (Å²) in [6, 6.07) is 0. The number of carbonyl (C=O) groups excluding carboxylic acids is 1. The first-order valence-corrected chi connectivity index (χ1v) is 3.46. The molecule has 1 heterocycles. The molecule has 0 unspecified atom stereocenters. The van der Waals surface area contributed by atoms with E-state index in [1.165, 1.54) is 0 Å². The van der Waals surface area contributed by atoms with Crippen molar-refractivity contribution >= 4 is 28.9 Å². The second kappa shape index (κ2) is 2.47. The summed E-state index contributed by atoms with van der Waals surface area (Å²) in [5.41, 5.74) is 0.651. The van der Waals surface area contributed by atoms with Gasteiger partial charge in [-0.2, -0.15) is 5.10 Å². The molecule has 9 heavy (non-hydrogen) atoms. The Labute approximate surface area is 66.2 Å². The molecule has 48 valence electrons. The van der Waals surface area contributed by atoms with Crippen LogP contribution in [0.5, 0.6) is 0 Å². The van der Waals surface area contributed by atoms with E-state index in [2.05, 4.69) is 27.7 Å². The maximum absolute atomic E-state index is 10.2. The van der Waals surface area contributed by atoms with E-state index in [0.29, 0.717) is 5.56 Å². The molecule has 0 spiro atoms. The van der Waals surface area contributed by atoms with Gasteiger partial charge in [-0.05, 0) is 22.6 Å². The fraction of sp³-hybridized carbons (Fsp3) is 0.200. The van der Waals surface area contributed by atoms with Gasteiger partial charge in [0.15, 0.2) is 6.29 Å². The smallest absolute Gasteiger partial charge is 0.154 e. The second-order valence-corrected chi connectivity index (χ2v) is 2.65. The van der Waals surface area contributed by atoms with Gasteiger partial charge in [0, 0.05) is 7.05 Å². The van der Waals surface area contributed by atoms with Crippen LogP contribution in [0.25, 0.3) is 0 Å². The van der Waals surface area contributed by atoms with Crippen molar-refractivity contribution in [2.24, 2.45) is 7.05 Å². The molecule has 0 N–H and O–H groups in total. The minimum Gasteiger partial charge on any atom is -0.298 e. The van der Waals surface area contributed by atoms with Crippen LogP contribution in [-0.2, 0) is 7.05 Å². The number of halogens is 1. The third-order valence-electron chi connectivity index (χ3n) is 1.02. The van der Waals surface area contributed by atoms with E-state index in [1.807, 2.05) is 0 Å². The van der Waals surface area contributed by atoms with Gasteiger partial charge >= 0.3 is 0 Å². The summed E-state index contributed by atoms with van der Waals surface area (Å²) in [5, 5.41) is 3.86. The number of rotatable bonds is 1. The molecule has 0 bridgehead atoms. The Morgan fingerprint density at radius 1 is 1.89 bits per heavy atom. The third kappa shape index (κ3) is 1.12. The Balaban J connectivity index is 3.18. The maximum atomic E-state index is 10.2. The first-order valence-electron chi connectivity index (χ1n) is 2.38. The molecule has 1 rings (SSSR count). The minimum atomic E-state index is 0.651. The van der Waals surface area contributed by atoms with Crippen LogP contribution >= 0.6 is 22.6 Å². The lowest BCUT2D eigenvalue weighted by Gasteiger charge is -1.88. The average molecular weight is 236 g/mol. The number of aryl methyl sites for hydroxylation is 1. The van der Waals surface area contributed by atoms with Crippen LogP contribution < -0.4 is 0 Å². The van der Waals surface area contributed by atoms with E-state index in [9.17, 15) is 4.79 Å². The van der Waals surface area contributed by atoms with Crippen LogP contribution in [0.2, 0.25) is 0 Å². The molecule has 4 heteroatoms. The second-order valence-electron chi connectivity index (χ2n) is 1.63. The first kappa shape index (κ1) is 6.73. The Morgan fingerprint density at radius 3 is 2.78 bits per heavy atom. The van der Waals surface area contributed by atoms with Gasteiger partial charge in [-0.25, -0.2) is 0 Å². The molecule has 0 aliphatic rings. The van der Waals surface area contributed by atoms with Crippen LogP contribution in [0.15, 0.2) is 6.20 Å². The molecule has 0 atom stereocenters. The van der Waals surface area contributed by atoms with Crippen molar-refractivity contribution in [3.63, 3.8) is 0 Å². The van der Waals surface area contributed by atoms with Crippen molar-refractivity contribution in [3.8, 4) is 0 Å². The molecule has 1 aromatic rings. The zero-order valence-electron chi connectivity index (χ0n) is 4.84. The highest BCUT2D eigenvalue weighted by Crippen LogP contribution is 2.06. The van der Waals surface area contributed by atoms with E-state index >= 15 is 0 Å². The van der Waals surface area contributed by atoms with Crippen LogP contribution in [-0.4, -0.2) is 16.1 Å². The number of aldehydes is 1. The average Bonchev–Trinajstić information content (AvgIpc) is 2.15. The molecule has 3 nitrogen and oxygen atoms in total. The summed E-state index contributed by atoms with van der Waals surface area (Å²) in [4.78, 5) is 10.2. The molecule has 0 aliphatic carbocycles. The van der Waals surface area contributed by atoms with Gasteiger partial charge in [0.25, 0.3) is 0 Å². The van der Waals surface area contributed by atoms with Crippen molar-refractivity contribution in [2.75, 3.05) is 0 Å².